The van der Waals surface area contributed by atoms with Crippen LogP contribution in [-0.2, 0) is 24.4 Å². The van der Waals surface area contributed by atoms with Gasteiger partial charge in [0.1, 0.15) is 12.4 Å². The SMILES string of the molecule is CCN(CC)C(=O)[C@H]1CCCN(Cc2ccc3c(c2)CN(Cc2ccn[nH]2)CCO3)C1. The maximum absolute atomic E-state index is 12.8. The predicted molar refractivity (Wildman–Crippen MR) is 121 cm³/mol. The van der Waals surface area contributed by atoms with Crippen molar-refractivity contribution >= 4 is 5.91 Å². The summed E-state index contributed by atoms with van der Waals surface area (Å²) >= 11 is 0. The van der Waals surface area contributed by atoms with Gasteiger partial charge in [-0.05, 0) is 57.0 Å². The van der Waals surface area contributed by atoms with Crippen molar-refractivity contribution in [1.82, 2.24) is 24.9 Å². The monoisotopic (exact) mass is 425 g/mol. The van der Waals surface area contributed by atoms with E-state index in [0.29, 0.717) is 12.5 Å². The van der Waals surface area contributed by atoms with Crippen LogP contribution >= 0.6 is 0 Å². The second-order valence-corrected chi connectivity index (χ2v) is 8.67. The number of likely N-dealkylation sites (tertiary alicyclic amines) is 1. The van der Waals surface area contributed by atoms with Crippen LogP contribution in [0.5, 0.6) is 5.75 Å². The highest BCUT2D eigenvalue weighted by atomic mass is 16.5. The Bertz CT molecular complexity index is 850. The van der Waals surface area contributed by atoms with E-state index in [1.54, 1.807) is 6.20 Å². The third-order valence-corrected chi connectivity index (χ3v) is 6.47. The van der Waals surface area contributed by atoms with Crippen LogP contribution in [-0.4, -0.2) is 70.1 Å². The average molecular weight is 426 g/mol. The van der Waals surface area contributed by atoms with Crippen LogP contribution in [0.4, 0.5) is 0 Å². The molecule has 1 aromatic carbocycles. The molecule has 31 heavy (non-hydrogen) atoms. The number of fused-ring (bicyclic) bond motifs is 1. The second-order valence-electron chi connectivity index (χ2n) is 8.67. The number of ether oxygens (including phenoxy) is 1. The van der Waals surface area contributed by atoms with Crippen molar-refractivity contribution in [1.29, 1.82) is 0 Å². The van der Waals surface area contributed by atoms with Gasteiger partial charge in [-0.3, -0.25) is 19.7 Å². The Labute approximate surface area is 185 Å². The smallest absolute Gasteiger partial charge is 0.226 e. The lowest BCUT2D eigenvalue weighted by atomic mass is 9.95. The van der Waals surface area contributed by atoms with Gasteiger partial charge in [0.25, 0.3) is 0 Å². The first-order valence-electron chi connectivity index (χ1n) is 11.6. The van der Waals surface area contributed by atoms with E-state index in [1.165, 1.54) is 11.1 Å². The first-order chi connectivity index (χ1) is 15.2. The quantitative estimate of drug-likeness (QED) is 0.739. The summed E-state index contributed by atoms with van der Waals surface area (Å²) in [5.41, 5.74) is 3.65. The van der Waals surface area contributed by atoms with Gasteiger partial charge in [0.2, 0.25) is 5.91 Å². The lowest BCUT2D eigenvalue weighted by Crippen LogP contribution is -2.44. The van der Waals surface area contributed by atoms with Crippen molar-refractivity contribution in [3.05, 3.63) is 47.3 Å². The maximum atomic E-state index is 12.8. The summed E-state index contributed by atoms with van der Waals surface area (Å²) in [6, 6.07) is 8.61. The summed E-state index contributed by atoms with van der Waals surface area (Å²) in [6.45, 7) is 11.8. The van der Waals surface area contributed by atoms with Crippen LogP contribution in [0.1, 0.15) is 43.5 Å². The van der Waals surface area contributed by atoms with Crippen molar-refractivity contribution in [2.75, 3.05) is 39.3 Å². The van der Waals surface area contributed by atoms with Gasteiger partial charge < -0.3 is 9.64 Å². The fourth-order valence-electron chi connectivity index (χ4n) is 4.80. The largest absolute Gasteiger partial charge is 0.492 e. The normalized spacial score (nSPS) is 20.0. The van der Waals surface area contributed by atoms with Gasteiger partial charge in [-0.1, -0.05) is 6.07 Å². The van der Waals surface area contributed by atoms with E-state index in [1.807, 2.05) is 11.0 Å². The molecule has 0 unspecified atom stereocenters. The number of piperidine rings is 1. The molecule has 7 nitrogen and oxygen atoms in total. The number of aromatic amines is 1. The van der Waals surface area contributed by atoms with Crippen molar-refractivity contribution in [3.8, 4) is 5.75 Å². The van der Waals surface area contributed by atoms with Crippen LogP contribution in [0.3, 0.4) is 0 Å². The zero-order valence-electron chi connectivity index (χ0n) is 18.8. The second kappa shape index (κ2) is 10.3. The van der Waals surface area contributed by atoms with Gasteiger partial charge in [0, 0.05) is 63.3 Å². The number of nitrogens with zero attached hydrogens (tertiary/aromatic N) is 4. The molecular formula is C24H35N5O2. The molecule has 1 aromatic heterocycles. The first-order valence-corrected chi connectivity index (χ1v) is 11.6. The van der Waals surface area contributed by atoms with Crippen molar-refractivity contribution in [3.63, 3.8) is 0 Å². The Balaban J connectivity index is 1.40. The third-order valence-electron chi connectivity index (χ3n) is 6.47. The molecule has 1 amide bonds. The van der Waals surface area contributed by atoms with Crippen LogP contribution in [0.25, 0.3) is 0 Å². The molecule has 1 N–H and O–H groups in total. The molecule has 2 aliphatic heterocycles. The highest BCUT2D eigenvalue weighted by molar-refractivity contribution is 5.79. The van der Waals surface area contributed by atoms with Crippen LogP contribution < -0.4 is 4.74 Å². The Morgan fingerprint density at radius 1 is 1.19 bits per heavy atom. The number of amides is 1. The summed E-state index contributed by atoms with van der Waals surface area (Å²) in [6.07, 6.45) is 3.89. The van der Waals surface area contributed by atoms with Crippen LogP contribution in [0, 0.1) is 5.92 Å². The van der Waals surface area contributed by atoms with Gasteiger partial charge in [0.15, 0.2) is 0 Å². The fourth-order valence-corrected chi connectivity index (χ4v) is 4.80. The van der Waals surface area contributed by atoms with Gasteiger partial charge in [-0.25, -0.2) is 0 Å². The fraction of sp³-hybridized carbons (Fsp3) is 0.583. The number of carbonyl (C=O) groups excluding carboxylic acids is 1. The van der Waals surface area contributed by atoms with E-state index in [4.69, 9.17) is 4.74 Å². The van der Waals surface area contributed by atoms with Crippen LogP contribution in [0.15, 0.2) is 30.5 Å². The number of carbonyl (C=O) groups is 1. The third kappa shape index (κ3) is 5.46. The molecule has 168 valence electrons. The lowest BCUT2D eigenvalue weighted by molar-refractivity contribution is -0.137. The number of hydrogen-bond acceptors (Lipinski definition) is 5. The zero-order chi connectivity index (χ0) is 21.6. The highest BCUT2D eigenvalue weighted by Gasteiger charge is 2.28. The molecule has 2 aromatic rings. The minimum absolute atomic E-state index is 0.128. The minimum atomic E-state index is 0.128. The Morgan fingerprint density at radius 2 is 2.06 bits per heavy atom. The molecule has 0 radical (unpaired) electrons. The molecule has 3 heterocycles. The molecule has 0 spiro atoms. The number of benzene rings is 1. The van der Waals surface area contributed by atoms with Crippen molar-refractivity contribution < 1.29 is 9.53 Å². The molecule has 4 rings (SSSR count). The van der Waals surface area contributed by atoms with E-state index in [0.717, 1.165) is 76.6 Å². The Kier molecular flexibility index (Phi) is 7.25. The van der Waals surface area contributed by atoms with Gasteiger partial charge in [-0.15, -0.1) is 0 Å². The van der Waals surface area contributed by atoms with Gasteiger partial charge in [-0.2, -0.15) is 5.10 Å². The highest BCUT2D eigenvalue weighted by Crippen LogP contribution is 2.27. The summed E-state index contributed by atoms with van der Waals surface area (Å²) in [5.74, 6) is 1.44. The van der Waals surface area contributed by atoms with Crippen molar-refractivity contribution in [2.24, 2.45) is 5.92 Å². The molecule has 1 fully saturated rings. The topological polar surface area (TPSA) is 64.7 Å². The molecule has 0 saturated carbocycles. The Hall–Kier alpha value is -2.38. The van der Waals surface area contributed by atoms with E-state index in [2.05, 4.69) is 52.0 Å². The summed E-state index contributed by atoms with van der Waals surface area (Å²) in [4.78, 5) is 19.6. The molecule has 0 bridgehead atoms. The molecule has 0 aliphatic carbocycles. The van der Waals surface area contributed by atoms with E-state index >= 15 is 0 Å². The summed E-state index contributed by atoms with van der Waals surface area (Å²) in [7, 11) is 0. The summed E-state index contributed by atoms with van der Waals surface area (Å²) < 4.78 is 6.01. The van der Waals surface area contributed by atoms with E-state index in [-0.39, 0.29) is 5.92 Å². The average Bonchev–Trinajstić information content (AvgIpc) is 3.21. The molecule has 1 atom stereocenters. The number of nitrogens with one attached hydrogen (secondary N) is 1. The zero-order valence-corrected chi connectivity index (χ0v) is 18.8. The van der Waals surface area contributed by atoms with E-state index in [9.17, 15) is 4.79 Å². The van der Waals surface area contributed by atoms with E-state index < -0.39 is 0 Å². The van der Waals surface area contributed by atoms with Crippen molar-refractivity contribution in [2.45, 2.75) is 46.3 Å². The lowest BCUT2D eigenvalue weighted by Gasteiger charge is -2.34. The predicted octanol–water partition coefficient (Wildman–Crippen LogP) is 2.88. The number of H-pyrrole nitrogens is 1. The van der Waals surface area contributed by atoms with Crippen LogP contribution in [0.2, 0.25) is 0 Å². The Morgan fingerprint density at radius 3 is 2.84 bits per heavy atom. The standard InChI is InChI=1S/C24H35N5O2/c1-3-29(4-2)24(30)20-6-5-11-27(16-20)15-19-7-8-23-21(14-19)17-28(12-13-31-23)18-22-9-10-25-26-22/h7-10,14,20H,3-6,11-13,15-18H2,1-2H3,(H,25,26)/t20-/m0/s1. The number of rotatable bonds is 7. The molecular weight excluding hydrogens is 390 g/mol. The maximum Gasteiger partial charge on any atom is 0.226 e. The molecule has 1 saturated heterocycles. The summed E-state index contributed by atoms with van der Waals surface area (Å²) in [5, 5.41) is 7.11. The minimum Gasteiger partial charge on any atom is -0.492 e. The number of aromatic nitrogens is 2. The first kappa shape index (κ1) is 21.8. The molecule has 7 heteroatoms. The van der Waals surface area contributed by atoms with Gasteiger partial charge >= 0.3 is 0 Å². The number of hydrogen-bond donors (Lipinski definition) is 1. The van der Waals surface area contributed by atoms with Gasteiger partial charge in [0.05, 0.1) is 5.92 Å². The molecule has 2 aliphatic rings.